The van der Waals surface area contributed by atoms with Crippen molar-refractivity contribution in [2.75, 3.05) is 5.75 Å². The third-order valence-electron chi connectivity index (χ3n) is 3.48. The van der Waals surface area contributed by atoms with Gasteiger partial charge < -0.3 is 0 Å². The highest BCUT2D eigenvalue weighted by Crippen LogP contribution is 2.29. The Morgan fingerprint density at radius 2 is 2.20 bits per heavy atom. The fourth-order valence-corrected chi connectivity index (χ4v) is 4.35. The second-order valence-electron chi connectivity index (χ2n) is 4.85. The molecule has 2 aromatic rings. The number of thioether (sulfide) groups is 2. The quantitative estimate of drug-likeness (QED) is 0.645. The van der Waals surface area contributed by atoms with E-state index in [-0.39, 0.29) is 5.56 Å². The van der Waals surface area contributed by atoms with Crippen molar-refractivity contribution in [2.45, 2.75) is 29.1 Å². The molecule has 0 saturated heterocycles. The molecular weight excluding hydrogens is 288 g/mol. The van der Waals surface area contributed by atoms with Crippen molar-refractivity contribution in [3.8, 4) is 0 Å². The van der Waals surface area contributed by atoms with Crippen molar-refractivity contribution in [1.29, 1.82) is 0 Å². The molecule has 0 bridgehead atoms. The lowest BCUT2D eigenvalue weighted by molar-refractivity contribution is 0.669. The molecule has 0 fully saturated rings. The van der Waals surface area contributed by atoms with Gasteiger partial charge >= 0.3 is 0 Å². The Hall–Kier alpha value is -1.20. The number of benzene rings is 1. The van der Waals surface area contributed by atoms with Crippen molar-refractivity contribution in [2.24, 2.45) is 7.05 Å². The predicted molar refractivity (Wildman–Crippen MR) is 84.6 cm³/mol. The van der Waals surface area contributed by atoms with Crippen LogP contribution < -0.4 is 5.56 Å². The summed E-state index contributed by atoms with van der Waals surface area (Å²) in [6.07, 6.45) is 0.911. The van der Waals surface area contributed by atoms with Crippen LogP contribution in [0.15, 0.2) is 39.1 Å². The Kier molecular flexibility index (Phi) is 3.89. The fraction of sp³-hybridized carbons (Fsp3) is 0.333. The van der Waals surface area contributed by atoms with Gasteiger partial charge in [0, 0.05) is 25.0 Å². The summed E-state index contributed by atoms with van der Waals surface area (Å²) in [5, 5.41) is 0.819. The molecule has 0 saturated carbocycles. The standard InChI is InChI=1S/C15H16N2OS2/c1-10-5-3-4-6-11(10)9-20-15-16-12-7-8-19-13(12)14(18)17(15)2/h3-6H,7-9H2,1-2H3. The monoisotopic (exact) mass is 304 g/mol. The first kappa shape index (κ1) is 13.8. The van der Waals surface area contributed by atoms with Crippen molar-refractivity contribution < 1.29 is 0 Å². The van der Waals surface area contributed by atoms with E-state index in [1.165, 1.54) is 11.1 Å². The van der Waals surface area contributed by atoms with Gasteiger partial charge in [-0.1, -0.05) is 36.0 Å². The molecule has 1 aromatic heterocycles. The normalized spacial score (nSPS) is 13.5. The van der Waals surface area contributed by atoms with Crippen molar-refractivity contribution >= 4 is 23.5 Å². The summed E-state index contributed by atoms with van der Waals surface area (Å²) in [4.78, 5) is 17.8. The van der Waals surface area contributed by atoms with Crippen LogP contribution in [0.2, 0.25) is 0 Å². The summed E-state index contributed by atoms with van der Waals surface area (Å²) in [5.74, 6) is 1.82. The summed E-state index contributed by atoms with van der Waals surface area (Å²) < 4.78 is 1.68. The van der Waals surface area contributed by atoms with Gasteiger partial charge in [-0.25, -0.2) is 4.98 Å². The number of hydrogen-bond donors (Lipinski definition) is 0. The van der Waals surface area contributed by atoms with Crippen molar-refractivity contribution in [3.05, 3.63) is 51.4 Å². The van der Waals surface area contributed by atoms with Gasteiger partial charge in [-0.15, -0.1) is 11.8 Å². The van der Waals surface area contributed by atoms with Gasteiger partial charge in [0.2, 0.25) is 0 Å². The molecule has 5 heteroatoms. The Balaban J connectivity index is 1.87. The molecule has 3 nitrogen and oxygen atoms in total. The molecule has 3 rings (SSSR count). The van der Waals surface area contributed by atoms with Crippen LogP contribution in [-0.2, 0) is 19.2 Å². The van der Waals surface area contributed by atoms with Crippen LogP contribution in [0.4, 0.5) is 0 Å². The molecule has 0 atom stereocenters. The van der Waals surface area contributed by atoms with Gasteiger partial charge in [0.15, 0.2) is 5.16 Å². The van der Waals surface area contributed by atoms with Gasteiger partial charge in [-0.05, 0) is 18.1 Å². The third kappa shape index (κ3) is 2.52. The zero-order valence-electron chi connectivity index (χ0n) is 11.5. The Morgan fingerprint density at radius 1 is 1.40 bits per heavy atom. The fourth-order valence-electron chi connectivity index (χ4n) is 2.21. The SMILES string of the molecule is Cc1ccccc1CSc1nc2c(c(=O)n1C)SCC2. The number of aryl methyl sites for hydroxylation is 2. The lowest BCUT2D eigenvalue weighted by atomic mass is 10.1. The third-order valence-corrected chi connectivity index (χ3v) is 5.67. The molecule has 0 spiro atoms. The topological polar surface area (TPSA) is 34.9 Å². The van der Waals surface area contributed by atoms with Gasteiger partial charge in [-0.3, -0.25) is 9.36 Å². The minimum Gasteiger partial charge on any atom is -0.290 e. The molecule has 104 valence electrons. The molecule has 1 aliphatic rings. The largest absolute Gasteiger partial charge is 0.290 e. The molecule has 0 aliphatic carbocycles. The number of fused-ring (bicyclic) bond motifs is 1. The Morgan fingerprint density at radius 3 is 3.00 bits per heavy atom. The molecule has 1 aliphatic heterocycles. The van der Waals surface area contributed by atoms with Crippen LogP contribution in [-0.4, -0.2) is 15.3 Å². The number of rotatable bonds is 3. The van der Waals surface area contributed by atoms with Gasteiger partial charge in [0.25, 0.3) is 5.56 Å². The minimum absolute atomic E-state index is 0.102. The van der Waals surface area contributed by atoms with Crippen LogP contribution in [0.5, 0.6) is 0 Å². The highest BCUT2D eigenvalue weighted by atomic mass is 32.2. The zero-order chi connectivity index (χ0) is 14.1. The average molecular weight is 304 g/mol. The van der Waals surface area contributed by atoms with Gasteiger partial charge in [0.1, 0.15) is 0 Å². The highest BCUT2D eigenvalue weighted by Gasteiger charge is 2.20. The molecule has 0 amide bonds. The summed E-state index contributed by atoms with van der Waals surface area (Å²) in [5.41, 5.74) is 3.65. The summed E-state index contributed by atoms with van der Waals surface area (Å²) >= 11 is 3.27. The van der Waals surface area contributed by atoms with Crippen molar-refractivity contribution in [3.63, 3.8) is 0 Å². The summed E-state index contributed by atoms with van der Waals surface area (Å²) in [7, 11) is 1.81. The van der Waals surface area contributed by atoms with Crippen LogP contribution in [0, 0.1) is 6.92 Å². The van der Waals surface area contributed by atoms with Crippen LogP contribution in [0.3, 0.4) is 0 Å². The maximum absolute atomic E-state index is 12.2. The summed E-state index contributed by atoms with van der Waals surface area (Å²) in [6.45, 7) is 2.11. The molecule has 0 N–H and O–H groups in total. The zero-order valence-corrected chi connectivity index (χ0v) is 13.2. The smallest absolute Gasteiger partial charge is 0.267 e. The first-order valence-corrected chi connectivity index (χ1v) is 8.54. The average Bonchev–Trinajstić information content (AvgIpc) is 2.91. The molecule has 0 unspecified atom stereocenters. The van der Waals surface area contributed by atoms with Crippen LogP contribution >= 0.6 is 23.5 Å². The van der Waals surface area contributed by atoms with Crippen molar-refractivity contribution in [1.82, 2.24) is 9.55 Å². The molecule has 0 radical (unpaired) electrons. The second kappa shape index (κ2) is 5.66. The number of hydrogen-bond acceptors (Lipinski definition) is 4. The first-order valence-electron chi connectivity index (χ1n) is 6.57. The molecule has 2 heterocycles. The number of nitrogens with zero attached hydrogens (tertiary/aromatic N) is 2. The van der Waals surface area contributed by atoms with Gasteiger partial charge in [0.05, 0.1) is 10.6 Å². The number of aromatic nitrogens is 2. The van der Waals surface area contributed by atoms with E-state index in [0.717, 1.165) is 33.7 Å². The maximum atomic E-state index is 12.2. The van der Waals surface area contributed by atoms with E-state index >= 15 is 0 Å². The van der Waals surface area contributed by atoms with Gasteiger partial charge in [-0.2, -0.15) is 0 Å². The Bertz CT molecular complexity index is 710. The minimum atomic E-state index is 0.102. The first-order chi connectivity index (χ1) is 9.66. The lowest BCUT2D eigenvalue weighted by Gasteiger charge is -2.10. The van der Waals surface area contributed by atoms with E-state index < -0.39 is 0 Å². The lowest BCUT2D eigenvalue weighted by Crippen LogP contribution is -2.22. The second-order valence-corrected chi connectivity index (χ2v) is 6.90. The highest BCUT2D eigenvalue weighted by molar-refractivity contribution is 7.99. The Labute approximate surface area is 126 Å². The van der Waals surface area contributed by atoms with E-state index in [9.17, 15) is 4.79 Å². The van der Waals surface area contributed by atoms with E-state index in [0.29, 0.717) is 0 Å². The predicted octanol–water partition coefficient (Wildman–Crippen LogP) is 3.03. The van der Waals surface area contributed by atoms with E-state index in [4.69, 9.17) is 0 Å². The van der Waals surface area contributed by atoms with E-state index in [1.807, 2.05) is 13.1 Å². The van der Waals surface area contributed by atoms with E-state index in [2.05, 4.69) is 30.1 Å². The maximum Gasteiger partial charge on any atom is 0.267 e. The molecule has 20 heavy (non-hydrogen) atoms. The van der Waals surface area contributed by atoms with Crippen LogP contribution in [0.25, 0.3) is 0 Å². The summed E-state index contributed by atoms with van der Waals surface area (Å²) in [6, 6.07) is 8.34. The van der Waals surface area contributed by atoms with E-state index in [1.54, 1.807) is 28.1 Å². The molecular formula is C15H16N2OS2. The van der Waals surface area contributed by atoms with Crippen LogP contribution in [0.1, 0.15) is 16.8 Å². The molecule has 1 aromatic carbocycles.